The van der Waals surface area contributed by atoms with E-state index in [2.05, 4.69) is 10.3 Å². The molecule has 0 amide bonds. The number of hydrogen-bond acceptors (Lipinski definition) is 6. The molecule has 1 aromatic heterocycles. The molecule has 3 aromatic rings. The van der Waals surface area contributed by atoms with Gasteiger partial charge in [0.15, 0.2) is 5.76 Å². The van der Waals surface area contributed by atoms with Crippen LogP contribution in [-0.2, 0) is 16.6 Å². The second-order valence-corrected chi connectivity index (χ2v) is 10.4. The smallest absolute Gasteiger partial charge is 0.243 e. The highest BCUT2D eigenvalue weighted by molar-refractivity contribution is 7.89. The normalized spacial score (nSPS) is 15.0. The molecule has 4 rings (SSSR count). The molecule has 0 unspecified atom stereocenters. The predicted octanol–water partition coefficient (Wildman–Crippen LogP) is 4.85. The zero-order chi connectivity index (χ0) is 22.7. The number of anilines is 2. The van der Waals surface area contributed by atoms with Crippen molar-refractivity contribution in [1.29, 1.82) is 0 Å². The SMILES string of the molecule is CN(C)c1ccc(S(=O)(=O)N2CCCCC2)cc1NCc1ncc(-c2cccc(Cl)c2)o1. The molecule has 170 valence electrons. The van der Waals surface area contributed by atoms with Crippen molar-refractivity contribution in [3.8, 4) is 11.3 Å². The Morgan fingerprint density at radius 2 is 1.91 bits per heavy atom. The van der Waals surface area contributed by atoms with Gasteiger partial charge >= 0.3 is 0 Å². The largest absolute Gasteiger partial charge is 0.439 e. The van der Waals surface area contributed by atoms with Gasteiger partial charge in [-0.2, -0.15) is 4.31 Å². The molecule has 0 radical (unpaired) electrons. The van der Waals surface area contributed by atoms with Gasteiger partial charge in [-0.15, -0.1) is 0 Å². The van der Waals surface area contributed by atoms with Crippen LogP contribution in [0.4, 0.5) is 11.4 Å². The average molecular weight is 475 g/mol. The summed E-state index contributed by atoms with van der Waals surface area (Å²) in [4.78, 5) is 6.57. The molecular weight excluding hydrogens is 448 g/mol. The summed E-state index contributed by atoms with van der Waals surface area (Å²) >= 11 is 6.07. The van der Waals surface area contributed by atoms with Crippen LogP contribution in [0, 0.1) is 0 Å². The minimum absolute atomic E-state index is 0.291. The minimum atomic E-state index is -3.52. The lowest BCUT2D eigenvalue weighted by Crippen LogP contribution is -2.35. The Labute approximate surface area is 194 Å². The molecule has 1 saturated heterocycles. The Bertz CT molecular complexity index is 1190. The first kappa shape index (κ1) is 22.6. The highest BCUT2D eigenvalue weighted by Crippen LogP contribution is 2.31. The molecule has 0 aliphatic carbocycles. The standard InChI is InChI=1S/C23H27ClN4O3S/c1-27(2)21-10-9-19(32(29,30)28-11-4-3-5-12-28)14-20(21)25-16-23-26-15-22(31-23)17-7-6-8-18(24)13-17/h6-10,13-15,25H,3-5,11-12,16H2,1-2H3. The number of oxazole rings is 1. The van der Waals surface area contributed by atoms with Crippen LogP contribution in [0.5, 0.6) is 0 Å². The van der Waals surface area contributed by atoms with Crippen molar-refractivity contribution >= 4 is 33.0 Å². The van der Waals surface area contributed by atoms with Crippen molar-refractivity contribution in [2.45, 2.75) is 30.7 Å². The van der Waals surface area contributed by atoms with Gasteiger partial charge in [0.05, 0.1) is 29.0 Å². The Morgan fingerprint density at radius 1 is 1.12 bits per heavy atom. The average Bonchev–Trinajstić information content (AvgIpc) is 3.27. The van der Waals surface area contributed by atoms with E-state index in [4.69, 9.17) is 16.0 Å². The zero-order valence-corrected chi connectivity index (χ0v) is 19.8. The third-order valence-corrected chi connectivity index (χ3v) is 7.63. The quantitative estimate of drug-likeness (QED) is 0.527. The van der Waals surface area contributed by atoms with Gasteiger partial charge in [0, 0.05) is 37.8 Å². The third kappa shape index (κ3) is 4.92. The molecule has 0 spiro atoms. The number of nitrogens with one attached hydrogen (secondary N) is 1. The molecular formula is C23H27ClN4O3S. The molecule has 0 atom stereocenters. The molecule has 2 heterocycles. The van der Waals surface area contributed by atoms with Crippen LogP contribution >= 0.6 is 11.6 Å². The van der Waals surface area contributed by atoms with E-state index in [1.54, 1.807) is 28.7 Å². The lowest BCUT2D eigenvalue weighted by Gasteiger charge is -2.26. The van der Waals surface area contributed by atoms with Gasteiger partial charge in [0.25, 0.3) is 0 Å². The first-order valence-electron chi connectivity index (χ1n) is 10.6. The number of halogens is 1. The van der Waals surface area contributed by atoms with Gasteiger partial charge in [-0.1, -0.05) is 30.2 Å². The van der Waals surface area contributed by atoms with Crippen molar-refractivity contribution in [3.63, 3.8) is 0 Å². The van der Waals surface area contributed by atoms with Crippen LogP contribution in [0.25, 0.3) is 11.3 Å². The maximum atomic E-state index is 13.1. The molecule has 1 N–H and O–H groups in total. The zero-order valence-electron chi connectivity index (χ0n) is 18.2. The van der Waals surface area contributed by atoms with Crippen molar-refractivity contribution < 1.29 is 12.8 Å². The van der Waals surface area contributed by atoms with E-state index in [0.717, 1.165) is 30.5 Å². The Kier molecular flexibility index (Phi) is 6.74. The van der Waals surface area contributed by atoms with E-state index >= 15 is 0 Å². The van der Waals surface area contributed by atoms with Crippen molar-refractivity contribution in [2.24, 2.45) is 0 Å². The number of piperidine rings is 1. The molecule has 32 heavy (non-hydrogen) atoms. The van der Waals surface area contributed by atoms with Crippen LogP contribution in [0.2, 0.25) is 5.02 Å². The summed E-state index contributed by atoms with van der Waals surface area (Å²) in [7, 11) is 0.314. The number of sulfonamides is 1. The van der Waals surface area contributed by atoms with Gasteiger partial charge in [0.1, 0.15) is 0 Å². The van der Waals surface area contributed by atoms with Gasteiger partial charge in [0.2, 0.25) is 15.9 Å². The van der Waals surface area contributed by atoms with Crippen LogP contribution in [0.1, 0.15) is 25.2 Å². The van der Waals surface area contributed by atoms with E-state index in [0.29, 0.717) is 46.9 Å². The lowest BCUT2D eigenvalue weighted by molar-refractivity contribution is 0.346. The highest BCUT2D eigenvalue weighted by Gasteiger charge is 2.26. The monoisotopic (exact) mass is 474 g/mol. The predicted molar refractivity (Wildman–Crippen MR) is 128 cm³/mol. The van der Waals surface area contributed by atoms with Gasteiger partial charge in [-0.05, 0) is 43.2 Å². The van der Waals surface area contributed by atoms with Crippen molar-refractivity contribution in [1.82, 2.24) is 9.29 Å². The summed E-state index contributed by atoms with van der Waals surface area (Å²) < 4.78 is 33.7. The fourth-order valence-corrected chi connectivity index (χ4v) is 5.53. The lowest BCUT2D eigenvalue weighted by atomic mass is 10.2. The summed E-state index contributed by atoms with van der Waals surface area (Å²) in [6, 6.07) is 12.6. The van der Waals surface area contributed by atoms with E-state index in [9.17, 15) is 8.42 Å². The van der Waals surface area contributed by atoms with Gasteiger partial charge < -0.3 is 14.6 Å². The number of hydrogen-bond donors (Lipinski definition) is 1. The van der Waals surface area contributed by atoms with E-state index in [1.165, 1.54) is 0 Å². The maximum absolute atomic E-state index is 13.1. The molecule has 9 heteroatoms. The number of benzene rings is 2. The fraction of sp³-hybridized carbons (Fsp3) is 0.348. The topological polar surface area (TPSA) is 78.7 Å². The third-order valence-electron chi connectivity index (χ3n) is 5.50. The van der Waals surface area contributed by atoms with E-state index in [1.807, 2.05) is 43.3 Å². The van der Waals surface area contributed by atoms with Crippen LogP contribution in [0.3, 0.4) is 0 Å². The first-order valence-corrected chi connectivity index (χ1v) is 12.4. The molecule has 0 bridgehead atoms. The summed E-state index contributed by atoms with van der Waals surface area (Å²) in [5.74, 6) is 1.12. The Balaban J connectivity index is 1.55. The maximum Gasteiger partial charge on any atom is 0.243 e. The molecule has 1 fully saturated rings. The molecule has 1 aliphatic rings. The minimum Gasteiger partial charge on any atom is -0.439 e. The molecule has 2 aromatic carbocycles. The highest BCUT2D eigenvalue weighted by atomic mass is 35.5. The number of nitrogens with zero attached hydrogens (tertiary/aromatic N) is 3. The van der Waals surface area contributed by atoms with Crippen molar-refractivity contribution in [2.75, 3.05) is 37.4 Å². The molecule has 1 aliphatic heterocycles. The van der Waals surface area contributed by atoms with E-state index < -0.39 is 10.0 Å². The van der Waals surface area contributed by atoms with Gasteiger partial charge in [-0.25, -0.2) is 13.4 Å². The number of rotatable bonds is 7. The van der Waals surface area contributed by atoms with E-state index in [-0.39, 0.29) is 0 Å². The molecule has 0 saturated carbocycles. The summed E-state index contributed by atoms with van der Waals surface area (Å²) in [5, 5.41) is 3.92. The Hall–Kier alpha value is -2.55. The second kappa shape index (κ2) is 9.52. The van der Waals surface area contributed by atoms with Crippen LogP contribution < -0.4 is 10.2 Å². The summed E-state index contributed by atoms with van der Waals surface area (Å²) in [6.07, 6.45) is 4.54. The van der Waals surface area contributed by atoms with Crippen molar-refractivity contribution in [3.05, 3.63) is 59.6 Å². The summed E-state index contributed by atoms with van der Waals surface area (Å²) in [6.45, 7) is 1.46. The Morgan fingerprint density at radius 3 is 2.62 bits per heavy atom. The fourth-order valence-electron chi connectivity index (χ4n) is 3.80. The first-order chi connectivity index (χ1) is 15.3. The second-order valence-electron chi connectivity index (χ2n) is 8.02. The molecule has 7 nitrogen and oxygen atoms in total. The summed E-state index contributed by atoms with van der Waals surface area (Å²) in [5.41, 5.74) is 2.43. The van der Waals surface area contributed by atoms with Crippen LogP contribution in [-0.4, -0.2) is 44.9 Å². The van der Waals surface area contributed by atoms with Gasteiger partial charge in [-0.3, -0.25) is 0 Å². The number of aromatic nitrogens is 1. The van der Waals surface area contributed by atoms with Crippen LogP contribution in [0.15, 0.2) is 58.0 Å².